The van der Waals surface area contributed by atoms with Crippen molar-refractivity contribution in [3.63, 3.8) is 0 Å². The van der Waals surface area contributed by atoms with Crippen molar-refractivity contribution in [3.05, 3.63) is 55.4 Å². The molecule has 0 radical (unpaired) electrons. The molecule has 0 unspecified atom stereocenters. The summed E-state index contributed by atoms with van der Waals surface area (Å²) in [6.07, 6.45) is 0. The van der Waals surface area contributed by atoms with Gasteiger partial charge < -0.3 is 15.2 Å². The Morgan fingerprint density at radius 2 is 1.87 bits per heavy atom. The van der Waals surface area contributed by atoms with Crippen molar-refractivity contribution in [2.45, 2.75) is 0 Å². The van der Waals surface area contributed by atoms with Crippen LogP contribution in [0.5, 0.6) is 5.75 Å². The second kappa shape index (κ2) is 7.33. The van der Waals surface area contributed by atoms with Gasteiger partial charge in [-0.05, 0) is 46.3 Å². The maximum absolute atomic E-state index is 12.4. The zero-order valence-electron chi connectivity index (χ0n) is 11.7. The molecule has 0 saturated heterocycles. The van der Waals surface area contributed by atoms with E-state index in [1.807, 2.05) is 0 Å². The molecule has 2 rings (SSSR count). The van der Waals surface area contributed by atoms with Crippen LogP contribution in [0.2, 0.25) is 5.02 Å². The summed E-state index contributed by atoms with van der Waals surface area (Å²) in [5.41, 5.74) is 0.655. The molecule has 0 aliphatic carbocycles. The largest absolute Gasteiger partial charge is 0.495 e. The van der Waals surface area contributed by atoms with Crippen molar-refractivity contribution >= 4 is 61.0 Å². The molecule has 0 saturated carbocycles. The molecule has 0 spiro atoms. The maximum Gasteiger partial charge on any atom is 0.337 e. The lowest BCUT2D eigenvalue weighted by Crippen LogP contribution is -2.14. The summed E-state index contributed by atoms with van der Waals surface area (Å²) in [6.45, 7) is 0. The molecular weight excluding hydrogens is 453 g/mol. The smallest absolute Gasteiger partial charge is 0.337 e. The number of aromatic carboxylic acids is 1. The molecule has 0 aromatic heterocycles. The number of nitrogens with one attached hydrogen (secondary N) is 1. The van der Waals surface area contributed by atoms with Crippen molar-refractivity contribution in [1.82, 2.24) is 0 Å². The fraction of sp³-hybridized carbons (Fsp3) is 0.0667. The van der Waals surface area contributed by atoms with E-state index in [2.05, 4.69) is 37.2 Å². The van der Waals surface area contributed by atoms with Gasteiger partial charge in [0.1, 0.15) is 5.75 Å². The Bertz CT molecular complexity index is 795. The minimum absolute atomic E-state index is 0.0348. The standard InChI is InChI=1S/C15H10Br2ClNO4/c1-23-13-10(4-7(16)5-11(13)17)14(20)19-8-2-3-9(15(21)22)12(18)6-8/h2-6H,1H3,(H,19,20)(H,21,22). The highest BCUT2D eigenvalue weighted by Crippen LogP contribution is 2.33. The Kier molecular flexibility index (Phi) is 5.67. The summed E-state index contributed by atoms with van der Waals surface area (Å²) < 4.78 is 6.56. The second-order valence-corrected chi connectivity index (χ2v) is 6.60. The Balaban J connectivity index is 2.33. The van der Waals surface area contributed by atoms with E-state index in [1.165, 1.54) is 25.3 Å². The van der Waals surface area contributed by atoms with Gasteiger partial charge in [-0.3, -0.25) is 4.79 Å². The van der Waals surface area contributed by atoms with E-state index in [1.54, 1.807) is 12.1 Å². The molecule has 1 amide bonds. The molecule has 8 heteroatoms. The summed E-state index contributed by atoms with van der Waals surface area (Å²) in [5, 5.41) is 11.6. The molecule has 0 aliphatic heterocycles. The number of amides is 1. The number of anilines is 1. The topological polar surface area (TPSA) is 75.6 Å². The van der Waals surface area contributed by atoms with Crippen LogP contribution in [-0.2, 0) is 0 Å². The van der Waals surface area contributed by atoms with Crippen LogP contribution in [0.3, 0.4) is 0 Å². The van der Waals surface area contributed by atoms with Crippen LogP contribution in [0, 0.1) is 0 Å². The molecule has 0 fully saturated rings. The summed E-state index contributed by atoms with van der Waals surface area (Å²) in [4.78, 5) is 23.4. The number of rotatable bonds is 4. The summed E-state index contributed by atoms with van der Waals surface area (Å²) >= 11 is 12.5. The third-order valence-electron chi connectivity index (χ3n) is 2.91. The van der Waals surface area contributed by atoms with E-state index in [9.17, 15) is 9.59 Å². The third kappa shape index (κ3) is 4.04. The van der Waals surface area contributed by atoms with Gasteiger partial charge in [-0.15, -0.1) is 0 Å². The van der Waals surface area contributed by atoms with Gasteiger partial charge in [0.2, 0.25) is 0 Å². The monoisotopic (exact) mass is 461 g/mol. The van der Waals surface area contributed by atoms with Crippen LogP contribution >= 0.6 is 43.5 Å². The number of carbonyl (C=O) groups is 2. The van der Waals surface area contributed by atoms with E-state index < -0.39 is 11.9 Å². The van der Waals surface area contributed by atoms with E-state index >= 15 is 0 Å². The quantitative estimate of drug-likeness (QED) is 0.682. The second-order valence-electron chi connectivity index (χ2n) is 4.42. The number of carboxylic acids is 1. The molecule has 2 N–H and O–H groups in total. The average Bonchev–Trinajstić information content (AvgIpc) is 2.46. The van der Waals surface area contributed by atoms with Gasteiger partial charge in [-0.25, -0.2) is 4.79 Å². The summed E-state index contributed by atoms with van der Waals surface area (Å²) in [7, 11) is 1.46. The molecule has 2 aromatic carbocycles. The van der Waals surface area contributed by atoms with E-state index in [4.69, 9.17) is 21.4 Å². The van der Waals surface area contributed by atoms with Crippen molar-refractivity contribution in [1.29, 1.82) is 0 Å². The molecular formula is C15H10Br2ClNO4. The van der Waals surface area contributed by atoms with E-state index in [0.29, 0.717) is 25.9 Å². The fourth-order valence-corrected chi connectivity index (χ4v) is 3.55. The predicted octanol–water partition coefficient (Wildman–Crippen LogP) is 4.82. The maximum atomic E-state index is 12.4. The van der Waals surface area contributed by atoms with Gasteiger partial charge in [0.25, 0.3) is 5.91 Å². The predicted molar refractivity (Wildman–Crippen MR) is 94.8 cm³/mol. The van der Waals surface area contributed by atoms with Crippen molar-refractivity contribution < 1.29 is 19.4 Å². The fourth-order valence-electron chi connectivity index (χ4n) is 1.90. The highest BCUT2D eigenvalue weighted by molar-refractivity contribution is 9.11. The van der Waals surface area contributed by atoms with Crippen molar-refractivity contribution in [3.8, 4) is 5.75 Å². The number of hydrogen-bond donors (Lipinski definition) is 2. The normalized spacial score (nSPS) is 10.3. The number of ether oxygens (including phenoxy) is 1. The van der Waals surface area contributed by atoms with Gasteiger partial charge in [-0.1, -0.05) is 27.5 Å². The molecule has 0 atom stereocenters. The third-order valence-corrected chi connectivity index (χ3v) is 4.27. The SMILES string of the molecule is COc1c(Br)cc(Br)cc1C(=O)Nc1ccc(C(=O)O)c(Cl)c1. The van der Waals surface area contributed by atoms with Gasteiger partial charge in [-0.2, -0.15) is 0 Å². The number of carbonyl (C=O) groups excluding carboxylic acids is 1. The van der Waals surface area contributed by atoms with E-state index in [0.717, 1.165) is 0 Å². The Morgan fingerprint density at radius 3 is 2.43 bits per heavy atom. The van der Waals surface area contributed by atoms with Gasteiger partial charge >= 0.3 is 5.97 Å². The first-order chi connectivity index (χ1) is 10.8. The molecule has 23 heavy (non-hydrogen) atoms. The molecule has 2 aromatic rings. The van der Waals surface area contributed by atoms with Crippen LogP contribution < -0.4 is 10.1 Å². The van der Waals surface area contributed by atoms with Gasteiger partial charge in [0.15, 0.2) is 0 Å². The van der Waals surface area contributed by atoms with Crippen LogP contribution in [0.1, 0.15) is 20.7 Å². The highest BCUT2D eigenvalue weighted by atomic mass is 79.9. The lowest BCUT2D eigenvalue weighted by molar-refractivity contribution is 0.0697. The first-order valence-electron chi connectivity index (χ1n) is 6.20. The molecule has 0 aliphatic rings. The molecule has 5 nitrogen and oxygen atoms in total. The van der Waals surface area contributed by atoms with Crippen LogP contribution in [0.4, 0.5) is 5.69 Å². The first-order valence-corrected chi connectivity index (χ1v) is 8.17. The van der Waals surface area contributed by atoms with Gasteiger partial charge in [0, 0.05) is 10.2 Å². The lowest BCUT2D eigenvalue weighted by atomic mass is 10.1. The van der Waals surface area contributed by atoms with Crippen molar-refractivity contribution in [2.24, 2.45) is 0 Å². The van der Waals surface area contributed by atoms with Crippen LogP contribution in [-0.4, -0.2) is 24.1 Å². The highest BCUT2D eigenvalue weighted by Gasteiger charge is 2.17. The Labute approximate surface area is 153 Å². The summed E-state index contributed by atoms with van der Waals surface area (Å²) in [6, 6.07) is 7.55. The molecule has 0 heterocycles. The number of hydrogen-bond acceptors (Lipinski definition) is 3. The van der Waals surface area contributed by atoms with Crippen LogP contribution in [0.15, 0.2) is 39.3 Å². The Hall–Kier alpha value is -1.57. The molecule has 120 valence electrons. The number of benzene rings is 2. The summed E-state index contributed by atoms with van der Waals surface area (Å²) in [5.74, 6) is -1.16. The number of methoxy groups -OCH3 is 1. The Morgan fingerprint density at radius 1 is 1.17 bits per heavy atom. The minimum atomic E-state index is -1.13. The molecule has 0 bridgehead atoms. The minimum Gasteiger partial charge on any atom is -0.495 e. The number of halogens is 3. The van der Waals surface area contributed by atoms with Gasteiger partial charge in [0.05, 0.1) is 27.7 Å². The van der Waals surface area contributed by atoms with Crippen LogP contribution in [0.25, 0.3) is 0 Å². The lowest BCUT2D eigenvalue weighted by Gasteiger charge is -2.12. The first kappa shape index (κ1) is 17.8. The zero-order chi connectivity index (χ0) is 17.1. The zero-order valence-corrected chi connectivity index (χ0v) is 15.6. The van der Waals surface area contributed by atoms with Crippen molar-refractivity contribution in [2.75, 3.05) is 12.4 Å². The van der Waals surface area contributed by atoms with E-state index in [-0.39, 0.29) is 10.6 Å². The average molecular weight is 464 g/mol. The number of carboxylic acid groups (broad SMARTS) is 1.